The number of rotatable bonds is 5. The zero-order valence-electron chi connectivity index (χ0n) is 14.0. The van der Waals surface area contributed by atoms with E-state index in [9.17, 15) is 18.0 Å². The zero-order chi connectivity index (χ0) is 18.1. The van der Waals surface area contributed by atoms with Crippen LogP contribution in [0.2, 0.25) is 0 Å². The van der Waals surface area contributed by atoms with Crippen LogP contribution in [0.3, 0.4) is 0 Å². The summed E-state index contributed by atoms with van der Waals surface area (Å²) in [6.07, 6.45) is -2.33. The molecule has 2 aromatic rings. The number of amides is 1. The quantitative estimate of drug-likeness (QED) is 0.825. The third-order valence-corrected chi connectivity index (χ3v) is 4.81. The number of halogens is 3. The fourth-order valence-electron chi connectivity index (χ4n) is 3.73. The van der Waals surface area contributed by atoms with Gasteiger partial charge < -0.3 is 5.32 Å². The lowest BCUT2D eigenvalue weighted by atomic mass is 9.73. The summed E-state index contributed by atoms with van der Waals surface area (Å²) in [5.41, 5.74) is 2.38. The average Bonchev–Trinajstić information content (AvgIpc) is 2.89. The normalized spacial score (nSPS) is 14.7. The Kier molecular flexibility index (Phi) is 4.58. The van der Waals surface area contributed by atoms with Crippen LogP contribution in [0.1, 0.15) is 37.3 Å². The minimum Gasteiger partial charge on any atom is -0.346 e. The number of hydrogen-bond acceptors (Lipinski definition) is 1. The minimum atomic E-state index is -4.43. The summed E-state index contributed by atoms with van der Waals surface area (Å²) in [6.45, 7) is 0.693. The highest BCUT2D eigenvalue weighted by molar-refractivity contribution is 6.00. The second-order valence-electron chi connectivity index (χ2n) is 6.40. The third kappa shape index (κ3) is 3.03. The standard InChI is InChI=1S/C20H20F3NO/c1-2-3-12-19(18(25)24-13-20(21,22)23)16-10-6-4-8-14(16)15-9-5-7-11-17(15)19/h4-11H,2-3,12-13H2,1H3,(H,24,25). The second kappa shape index (κ2) is 6.54. The highest BCUT2D eigenvalue weighted by Crippen LogP contribution is 2.51. The first-order chi connectivity index (χ1) is 11.9. The van der Waals surface area contributed by atoms with E-state index in [1.807, 2.05) is 55.5 Å². The van der Waals surface area contributed by atoms with E-state index in [1.165, 1.54) is 0 Å². The Morgan fingerprint density at radius 2 is 1.52 bits per heavy atom. The monoisotopic (exact) mass is 347 g/mol. The van der Waals surface area contributed by atoms with Crippen molar-refractivity contribution in [3.63, 3.8) is 0 Å². The molecule has 3 rings (SSSR count). The molecule has 0 spiro atoms. The van der Waals surface area contributed by atoms with Crippen molar-refractivity contribution in [2.24, 2.45) is 0 Å². The molecule has 0 bridgehead atoms. The number of carbonyl (C=O) groups is 1. The molecule has 0 aliphatic heterocycles. The first kappa shape index (κ1) is 17.5. The molecule has 2 nitrogen and oxygen atoms in total. The van der Waals surface area contributed by atoms with E-state index < -0.39 is 24.0 Å². The molecular formula is C20H20F3NO. The van der Waals surface area contributed by atoms with Crippen molar-refractivity contribution in [3.8, 4) is 11.1 Å². The second-order valence-corrected chi connectivity index (χ2v) is 6.40. The van der Waals surface area contributed by atoms with Gasteiger partial charge in [0.2, 0.25) is 5.91 Å². The van der Waals surface area contributed by atoms with Crippen LogP contribution in [0.25, 0.3) is 11.1 Å². The lowest BCUT2D eigenvalue weighted by molar-refractivity contribution is -0.141. The van der Waals surface area contributed by atoms with E-state index in [-0.39, 0.29) is 0 Å². The maximum atomic E-state index is 13.0. The largest absolute Gasteiger partial charge is 0.405 e. The highest BCUT2D eigenvalue weighted by Gasteiger charge is 2.48. The summed E-state index contributed by atoms with van der Waals surface area (Å²) in [5.74, 6) is -0.573. The number of carbonyl (C=O) groups excluding carboxylic acids is 1. The van der Waals surface area contributed by atoms with Crippen molar-refractivity contribution >= 4 is 5.91 Å². The molecule has 1 aliphatic carbocycles. The molecule has 0 saturated carbocycles. The number of benzene rings is 2. The van der Waals surface area contributed by atoms with Gasteiger partial charge in [0.25, 0.3) is 0 Å². The van der Waals surface area contributed by atoms with E-state index >= 15 is 0 Å². The van der Waals surface area contributed by atoms with Gasteiger partial charge in [0.1, 0.15) is 12.0 Å². The van der Waals surface area contributed by atoms with Crippen LogP contribution >= 0.6 is 0 Å². The molecule has 0 aromatic heterocycles. The molecule has 1 aliphatic rings. The van der Waals surface area contributed by atoms with Crippen molar-refractivity contribution in [3.05, 3.63) is 59.7 Å². The highest BCUT2D eigenvalue weighted by atomic mass is 19.4. The smallest absolute Gasteiger partial charge is 0.346 e. The fourth-order valence-corrected chi connectivity index (χ4v) is 3.73. The number of fused-ring (bicyclic) bond motifs is 3. The van der Waals surface area contributed by atoms with Crippen LogP contribution in [0.5, 0.6) is 0 Å². The Labute approximate surface area is 145 Å². The van der Waals surface area contributed by atoms with Gasteiger partial charge in [-0.1, -0.05) is 68.3 Å². The van der Waals surface area contributed by atoms with Crippen molar-refractivity contribution in [2.45, 2.75) is 37.8 Å². The van der Waals surface area contributed by atoms with Crippen LogP contribution in [0, 0.1) is 0 Å². The number of unbranched alkanes of at least 4 members (excludes halogenated alkanes) is 1. The predicted molar refractivity (Wildman–Crippen MR) is 91.2 cm³/mol. The van der Waals surface area contributed by atoms with E-state index in [0.717, 1.165) is 35.1 Å². The molecule has 0 heterocycles. The SMILES string of the molecule is CCCCC1(C(=O)NCC(F)(F)F)c2ccccc2-c2ccccc21. The molecule has 1 amide bonds. The van der Waals surface area contributed by atoms with Gasteiger partial charge >= 0.3 is 6.18 Å². The minimum absolute atomic E-state index is 0.487. The topological polar surface area (TPSA) is 29.1 Å². The molecule has 132 valence electrons. The fraction of sp³-hybridized carbons (Fsp3) is 0.350. The molecule has 0 saturated heterocycles. The summed E-state index contributed by atoms with van der Waals surface area (Å²) in [4.78, 5) is 13.0. The lowest BCUT2D eigenvalue weighted by Gasteiger charge is -2.31. The van der Waals surface area contributed by atoms with E-state index in [4.69, 9.17) is 0 Å². The van der Waals surface area contributed by atoms with Gasteiger partial charge in [-0.2, -0.15) is 13.2 Å². The van der Waals surface area contributed by atoms with E-state index in [0.29, 0.717) is 6.42 Å². The van der Waals surface area contributed by atoms with Crippen molar-refractivity contribution in [1.82, 2.24) is 5.32 Å². The zero-order valence-corrected chi connectivity index (χ0v) is 14.0. The van der Waals surface area contributed by atoms with Gasteiger partial charge in [-0.05, 0) is 28.7 Å². The Balaban J connectivity index is 2.13. The molecule has 0 radical (unpaired) electrons. The van der Waals surface area contributed by atoms with Crippen molar-refractivity contribution in [2.75, 3.05) is 6.54 Å². The first-order valence-electron chi connectivity index (χ1n) is 8.44. The molecule has 2 aromatic carbocycles. The van der Waals surface area contributed by atoms with Gasteiger partial charge in [0.05, 0.1) is 0 Å². The van der Waals surface area contributed by atoms with E-state index in [1.54, 1.807) is 0 Å². The van der Waals surface area contributed by atoms with Gasteiger partial charge in [0, 0.05) is 0 Å². The number of hydrogen-bond donors (Lipinski definition) is 1. The summed E-state index contributed by atoms with van der Waals surface area (Å²) < 4.78 is 38.0. The van der Waals surface area contributed by atoms with Crippen LogP contribution in [-0.2, 0) is 10.2 Å². The Hall–Kier alpha value is -2.30. The number of alkyl halides is 3. The molecule has 25 heavy (non-hydrogen) atoms. The maximum Gasteiger partial charge on any atom is 0.405 e. The maximum absolute atomic E-state index is 13.0. The van der Waals surface area contributed by atoms with Gasteiger partial charge in [-0.15, -0.1) is 0 Å². The summed E-state index contributed by atoms with van der Waals surface area (Å²) in [6, 6.07) is 15.0. The molecule has 5 heteroatoms. The molecule has 0 atom stereocenters. The molecule has 0 fully saturated rings. The summed E-state index contributed by atoms with van der Waals surface area (Å²) in [5, 5.41) is 2.13. The van der Waals surface area contributed by atoms with Gasteiger partial charge in [-0.3, -0.25) is 4.79 Å². The lowest BCUT2D eigenvalue weighted by Crippen LogP contribution is -2.47. The predicted octanol–water partition coefficient (Wildman–Crippen LogP) is 4.82. The number of nitrogens with one attached hydrogen (secondary N) is 1. The van der Waals surface area contributed by atoms with Crippen LogP contribution < -0.4 is 5.32 Å². The summed E-state index contributed by atoms with van der Waals surface area (Å²) in [7, 11) is 0. The van der Waals surface area contributed by atoms with E-state index in [2.05, 4.69) is 5.32 Å². The Bertz CT molecular complexity index is 737. The molecular weight excluding hydrogens is 327 g/mol. The Morgan fingerprint density at radius 3 is 2.00 bits per heavy atom. The van der Waals surface area contributed by atoms with Crippen molar-refractivity contribution in [1.29, 1.82) is 0 Å². The van der Waals surface area contributed by atoms with Crippen LogP contribution in [0.4, 0.5) is 13.2 Å². The average molecular weight is 347 g/mol. The van der Waals surface area contributed by atoms with Crippen LogP contribution in [-0.4, -0.2) is 18.6 Å². The third-order valence-electron chi connectivity index (χ3n) is 4.81. The van der Waals surface area contributed by atoms with Crippen molar-refractivity contribution < 1.29 is 18.0 Å². The van der Waals surface area contributed by atoms with Gasteiger partial charge in [0.15, 0.2) is 0 Å². The molecule has 0 unspecified atom stereocenters. The van der Waals surface area contributed by atoms with Crippen LogP contribution in [0.15, 0.2) is 48.5 Å². The first-order valence-corrected chi connectivity index (χ1v) is 8.44. The molecule has 1 N–H and O–H groups in total. The van der Waals surface area contributed by atoms with Gasteiger partial charge in [-0.25, -0.2) is 0 Å². The summed E-state index contributed by atoms with van der Waals surface area (Å²) >= 11 is 0. The Morgan fingerprint density at radius 1 is 1.00 bits per heavy atom.